The van der Waals surface area contributed by atoms with E-state index >= 15 is 0 Å². The first-order valence-corrected chi connectivity index (χ1v) is 6.50. The number of ether oxygens (including phenoxy) is 2. The fourth-order valence-corrected chi connectivity index (χ4v) is 3.18. The average Bonchev–Trinajstić information content (AvgIpc) is 2.15. The van der Waals surface area contributed by atoms with Crippen molar-refractivity contribution in [3.8, 4) is 0 Å². The Morgan fingerprint density at radius 2 is 1.88 bits per heavy atom. The Balaban J connectivity index is 2.00. The Labute approximate surface area is 101 Å². The van der Waals surface area contributed by atoms with E-state index < -0.39 is 5.79 Å². The first-order chi connectivity index (χ1) is 7.55. The molecule has 0 bridgehead atoms. The van der Waals surface area contributed by atoms with Crippen LogP contribution in [0.25, 0.3) is 0 Å². The molecule has 1 unspecified atom stereocenters. The fourth-order valence-electron chi connectivity index (χ4n) is 1.92. The minimum Gasteiger partial charge on any atom is -0.347 e. The van der Waals surface area contributed by atoms with E-state index in [1.54, 1.807) is 11.8 Å². The highest BCUT2D eigenvalue weighted by atomic mass is 32.2. The molecule has 0 radical (unpaired) electrons. The lowest BCUT2D eigenvalue weighted by Crippen LogP contribution is -2.42. The van der Waals surface area contributed by atoms with Crippen molar-refractivity contribution >= 4 is 11.8 Å². The molecule has 2 atom stereocenters. The molecule has 0 spiro atoms. The van der Waals surface area contributed by atoms with Crippen LogP contribution in [0.5, 0.6) is 0 Å². The minimum atomic E-state index is -0.468. The Hall–Kier alpha value is -0.510. The van der Waals surface area contributed by atoms with Gasteiger partial charge in [0.25, 0.3) is 0 Å². The summed E-state index contributed by atoms with van der Waals surface area (Å²) in [6.07, 6.45) is 1.19. The van der Waals surface area contributed by atoms with Gasteiger partial charge in [-0.25, -0.2) is 0 Å². The minimum absolute atomic E-state index is 0.182. The van der Waals surface area contributed by atoms with Crippen molar-refractivity contribution < 1.29 is 9.47 Å². The van der Waals surface area contributed by atoms with Crippen molar-refractivity contribution in [3.05, 3.63) is 30.3 Å². The Morgan fingerprint density at radius 1 is 1.19 bits per heavy atom. The molecule has 16 heavy (non-hydrogen) atoms. The molecule has 1 aromatic rings. The highest BCUT2D eigenvalue weighted by Crippen LogP contribution is 2.35. The lowest BCUT2D eigenvalue weighted by Gasteiger charge is -2.39. The van der Waals surface area contributed by atoms with Crippen molar-refractivity contribution in [1.29, 1.82) is 0 Å². The van der Waals surface area contributed by atoms with E-state index in [0.29, 0.717) is 0 Å². The van der Waals surface area contributed by atoms with Crippen LogP contribution in [0.2, 0.25) is 0 Å². The lowest BCUT2D eigenvalue weighted by atomic mass is 10.2. The molecule has 3 heteroatoms. The summed E-state index contributed by atoms with van der Waals surface area (Å²) in [6.45, 7) is 6.05. The predicted octanol–water partition coefficient (Wildman–Crippen LogP) is 3.67. The molecule has 1 fully saturated rings. The standard InChI is InChI=1S/C13H18O2S/c1-10-9-12(15-13(2,3)14-10)16-11-7-5-4-6-8-11/h4-8,10,12H,9H2,1-3H3/t10-,12?/m0/s1. The van der Waals surface area contributed by atoms with Gasteiger partial charge in [-0.1, -0.05) is 30.0 Å². The van der Waals surface area contributed by atoms with Crippen LogP contribution in [0.15, 0.2) is 35.2 Å². The van der Waals surface area contributed by atoms with Crippen molar-refractivity contribution in [2.75, 3.05) is 0 Å². The number of rotatable bonds is 2. The largest absolute Gasteiger partial charge is 0.347 e. The molecule has 88 valence electrons. The molecule has 0 aromatic heterocycles. The highest BCUT2D eigenvalue weighted by Gasteiger charge is 2.33. The van der Waals surface area contributed by atoms with Crippen molar-refractivity contribution in [3.63, 3.8) is 0 Å². The number of thioether (sulfide) groups is 1. The van der Waals surface area contributed by atoms with Crippen LogP contribution in [-0.2, 0) is 9.47 Å². The van der Waals surface area contributed by atoms with Gasteiger partial charge in [0.05, 0.1) is 6.10 Å². The molecular weight excluding hydrogens is 220 g/mol. The van der Waals surface area contributed by atoms with Gasteiger partial charge in [0.1, 0.15) is 5.44 Å². The van der Waals surface area contributed by atoms with Crippen molar-refractivity contribution in [2.24, 2.45) is 0 Å². The molecule has 1 saturated heterocycles. The monoisotopic (exact) mass is 238 g/mol. The molecule has 0 aliphatic carbocycles. The Morgan fingerprint density at radius 3 is 2.50 bits per heavy atom. The molecule has 0 N–H and O–H groups in total. The lowest BCUT2D eigenvalue weighted by molar-refractivity contribution is -0.277. The summed E-state index contributed by atoms with van der Waals surface area (Å²) in [7, 11) is 0. The smallest absolute Gasteiger partial charge is 0.164 e. The van der Waals surface area contributed by atoms with Gasteiger partial charge in [-0.2, -0.15) is 0 Å². The molecule has 0 saturated carbocycles. The van der Waals surface area contributed by atoms with Crippen LogP contribution in [0, 0.1) is 0 Å². The summed E-state index contributed by atoms with van der Waals surface area (Å²) in [6, 6.07) is 10.4. The first kappa shape index (κ1) is 12.0. The van der Waals surface area contributed by atoms with Crippen molar-refractivity contribution in [2.45, 2.75) is 49.4 Å². The van der Waals surface area contributed by atoms with E-state index in [2.05, 4.69) is 31.2 Å². The molecule has 1 heterocycles. The van der Waals surface area contributed by atoms with Gasteiger partial charge >= 0.3 is 0 Å². The molecule has 1 aliphatic rings. The van der Waals surface area contributed by atoms with Gasteiger partial charge in [0, 0.05) is 11.3 Å². The third-order valence-electron chi connectivity index (χ3n) is 2.44. The number of hydrogen-bond acceptors (Lipinski definition) is 3. The molecule has 0 amide bonds. The molecule has 1 aliphatic heterocycles. The van der Waals surface area contributed by atoms with Crippen LogP contribution in [-0.4, -0.2) is 17.3 Å². The summed E-state index contributed by atoms with van der Waals surface area (Å²) < 4.78 is 11.6. The van der Waals surface area contributed by atoms with E-state index in [1.165, 1.54) is 4.90 Å². The first-order valence-electron chi connectivity index (χ1n) is 5.62. The quantitative estimate of drug-likeness (QED) is 0.783. The predicted molar refractivity (Wildman–Crippen MR) is 66.4 cm³/mol. The third-order valence-corrected chi connectivity index (χ3v) is 3.53. The van der Waals surface area contributed by atoms with Gasteiger partial charge in [-0.15, -0.1) is 0 Å². The zero-order valence-electron chi connectivity index (χ0n) is 9.97. The van der Waals surface area contributed by atoms with Gasteiger partial charge in [-0.05, 0) is 32.9 Å². The summed E-state index contributed by atoms with van der Waals surface area (Å²) in [5, 5.41) is 0. The summed E-state index contributed by atoms with van der Waals surface area (Å²) >= 11 is 1.77. The van der Waals surface area contributed by atoms with Gasteiger partial charge < -0.3 is 9.47 Å². The molecule has 2 rings (SSSR count). The maximum absolute atomic E-state index is 5.89. The summed E-state index contributed by atoms with van der Waals surface area (Å²) in [5.41, 5.74) is 0.182. The summed E-state index contributed by atoms with van der Waals surface area (Å²) in [4.78, 5) is 1.25. The molecule has 1 aromatic carbocycles. The highest BCUT2D eigenvalue weighted by molar-refractivity contribution is 7.99. The van der Waals surface area contributed by atoms with E-state index in [9.17, 15) is 0 Å². The zero-order chi connectivity index (χ0) is 11.6. The topological polar surface area (TPSA) is 18.5 Å². The summed E-state index contributed by atoms with van der Waals surface area (Å²) in [5.74, 6) is -0.468. The van der Waals surface area contributed by atoms with Crippen molar-refractivity contribution in [1.82, 2.24) is 0 Å². The second-order valence-corrected chi connectivity index (χ2v) is 5.78. The maximum Gasteiger partial charge on any atom is 0.164 e. The van der Waals surface area contributed by atoms with E-state index in [1.807, 2.05) is 19.9 Å². The second-order valence-electron chi connectivity index (χ2n) is 4.54. The normalized spacial score (nSPS) is 28.9. The van der Waals surface area contributed by atoms with E-state index in [4.69, 9.17) is 9.47 Å². The average molecular weight is 238 g/mol. The van der Waals surface area contributed by atoms with Crippen LogP contribution >= 0.6 is 11.8 Å². The second kappa shape index (κ2) is 4.78. The SMILES string of the molecule is C[C@H]1CC(Sc2ccccc2)OC(C)(C)O1. The van der Waals surface area contributed by atoms with Crippen LogP contribution in [0.4, 0.5) is 0 Å². The van der Waals surface area contributed by atoms with E-state index in [0.717, 1.165) is 6.42 Å². The Kier molecular flexibility index (Phi) is 3.57. The van der Waals surface area contributed by atoms with Crippen LogP contribution < -0.4 is 0 Å². The van der Waals surface area contributed by atoms with Gasteiger partial charge in [-0.3, -0.25) is 0 Å². The van der Waals surface area contributed by atoms with Gasteiger partial charge in [0.2, 0.25) is 0 Å². The molecule has 2 nitrogen and oxygen atoms in total. The van der Waals surface area contributed by atoms with Crippen LogP contribution in [0.1, 0.15) is 27.2 Å². The Bertz CT molecular complexity index is 337. The third kappa shape index (κ3) is 3.24. The fraction of sp³-hybridized carbons (Fsp3) is 0.538. The molecular formula is C13H18O2S. The number of hydrogen-bond donors (Lipinski definition) is 0. The zero-order valence-corrected chi connectivity index (χ0v) is 10.8. The van der Waals surface area contributed by atoms with E-state index in [-0.39, 0.29) is 11.5 Å². The van der Waals surface area contributed by atoms with Crippen LogP contribution in [0.3, 0.4) is 0 Å². The number of benzene rings is 1. The maximum atomic E-state index is 5.89. The van der Waals surface area contributed by atoms with Gasteiger partial charge in [0.15, 0.2) is 5.79 Å².